The number of thioether (sulfide) groups is 1. The molecule has 0 spiro atoms. The minimum Gasteiger partial charge on any atom is -0.394 e. The maximum absolute atomic E-state index is 8.58. The molecule has 0 bridgehead atoms. The first-order valence-corrected chi connectivity index (χ1v) is 7.00. The average Bonchev–Trinajstić information content (AvgIpc) is 2.72. The summed E-state index contributed by atoms with van der Waals surface area (Å²) in [7, 11) is 2.18. The van der Waals surface area contributed by atoms with Gasteiger partial charge >= 0.3 is 0 Å². The van der Waals surface area contributed by atoms with Gasteiger partial charge in [-0.2, -0.15) is 11.8 Å². The second-order valence-corrected chi connectivity index (χ2v) is 5.17. The van der Waals surface area contributed by atoms with E-state index in [1.54, 1.807) is 0 Å². The lowest BCUT2D eigenvalue weighted by atomic mass is 10.2. The minimum atomic E-state index is 0.126. The van der Waals surface area contributed by atoms with Gasteiger partial charge in [0.25, 0.3) is 0 Å². The molecule has 1 fully saturated rings. The van der Waals surface area contributed by atoms with Gasteiger partial charge in [-0.1, -0.05) is 6.42 Å². The van der Waals surface area contributed by atoms with Gasteiger partial charge in [0.2, 0.25) is 0 Å². The quantitative estimate of drug-likeness (QED) is 0.670. The first-order valence-electron chi connectivity index (χ1n) is 5.71. The molecule has 4 heteroatoms. The van der Waals surface area contributed by atoms with Crippen LogP contribution in [0.3, 0.4) is 0 Å². The van der Waals surface area contributed by atoms with Crippen LogP contribution in [-0.2, 0) is 4.74 Å². The smallest absolute Gasteiger partial charge is 0.0698 e. The van der Waals surface area contributed by atoms with E-state index in [2.05, 4.69) is 18.2 Å². The fourth-order valence-corrected chi connectivity index (χ4v) is 3.29. The van der Waals surface area contributed by atoms with Crippen LogP contribution in [0.5, 0.6) is 0 Å². The summed E-state index contributed by atoms with van der Waals surface area (Å²) in [4.78, 5) is 2.41. The largest absolute Gasteiger partial charge is 0.394 e. The summed E-state index contributed by atoms with van der Waals surface area (Å²) < 4.78 is 5.28. The molecule has 2 unspecified atom stereocenters. The maximum atomic E-state index is 8.58. The SMILES string of the molecule is CSC1CCCC1N(C)CCOCCO. The number of hydrogen-bond donors (Lipinski definition) is 1. The zero-order chi connectivity index (χ0) is 11.1. The molecular formula is C11H23NO2S. The first-order chi connectivity index (χ1) is 7.29. The number of aliphatic hydroxyl groups is 1. The van der Waals surface area contributed by atoms with Crippen LogP contribution in [0.1, 0.15) is 19.3 Å². The minimum absolute atomic E-state index is 0.126. The van der Waals surface area contributed by atoms with Crippen LogP contribution >= 0.6 is 11.8 Å². The van der Waals surface area contributed by atoms with Crippen molar-refractivity contribution in [3.63, 3.8) is 0 Å². The number of aliphatic hydroxyl groups excluding tert-OH is 1. The van der Waals surface area contributed by atoms with E-state index in [4.69, 9.17) is 9.84 Å². The van der Waals surface area contributed by atoms with Crippen molar-refractivity contribution in [2.75, 3.05) is 39.7 Å². The average molecular weight is 233 g/mol. The molecule has 90 valence electrons. The Bertz CT molecular complexity index is 169. The van der Waals surface area contributed by atoms with Crippen LogP contribution in [0.25, 0.3) is 0 Å². The Labute approximate surface area is 97.2 Å². The fraction of sp³-hybridized carbons (Fsp3) is 1.00. The van der Waals surface area contributed by atoms with Gasteiger partial charge in [-0.15, -0.1) is 0 Å². The molecule has 15 heavy (non-hydrogen) atoms. The Kier molecular flexibility index (Phi) is 6.64. The van der Waals surface area contributed by atoms with Crippen molar-refractivity contribution in [3.8, 4) is 0 Å². The Hall–Kier alpha value is 0.230. The van der Waals surface area contributed by atoms with Crippen LogP contribution in [0.2, 0.25) is 0 Å². The second kappa shape index (κ2) is 7.49. The number of ether oxygens (including phenoxy) is 1. The zero-order valence-corrected chi connectivity index (χ0v) is 10.6. The monoisotopic (exact) mass is 233 g/mol. The summed E-state index contributed by atoms with van der Waals surface area (Å²) in [6.07, 6.45) is 6.24. The lowest BCUT2D eigenvalue weighted by Crippen LogP contribution is -2.38. The third kappa shape index (κ3) is 4.31. The highest BCUT2D eigenvalue weighted by molar-refractivity contribution is 7.99. The maximum Gasteiger partial charge on any atom is 0.0698 e. The molecule has 0 aromatic carbocycles. The van der Waals surface area contributed by atoms with E-state index in [-0.39, 0.29) is 6.61 Å². The van der Waals surface area contributed by atoms with Crippen LogP contribution in [0, 0.1) is 0 Å². The van der Waals surface area contributed by atoms with Crippen LogP contribution in [0.4, 0.5) is 0 Å². The Morgan fingerprint density at radius 3 is 2.87 bits per heavy atom. The molecule has 1 aliphatic rings. The Balaban J connectivity index is 2.17. The molecule has 0 heterocycles. The molecule has 0 aromatic rings. The summed E-state index contributed by atoms with van der Waals surface area (Å²) in [6.45, 7) is 2.29. The topological polar surface area (TPSA) is 32.7 Å². The molecule has 2 atom stereocenters. The standard InChI is InChI=1S/C11H23NO2S/c1-12(6-8-14-9-7-13)10-4-3-5-11(10)15-2/h10-11,13H,3-9H2,1-2H3. The summed E-state index contributed by atoms with van der Waals surface area (Å²) in [6, 6.07) is 0.720. The predicted octanol–water partition coefficient (Wildman–Crippen LogP) is 1.21. The van der Waals surface area contributed by atoms with Gasteiger partial charge in [0, 0.05) is 17.8 Å². The third-order valence-electron chi connectivity index (χ3n) is 3.11. The van der Waals surface area contributed by atoms with Gasteiger partial charge in [0.1, 0.15) is 0 Å². The molecule has 0 radical (unpaired) electrons. The van der Waals surface area contributed by atoms with E-state index < -0.39 is 0 Å². The lowest BCUT2D eigenvalue weighted by Gasteiger charge is -2.28. The van der Waals surface area contributed by atoms with Crippen LogP contribution in [0.15, 0.2) is 0 Å². The Morgan fingerprint density at radius 2 is 2.20 bits per heavy atom. The third-order valence-corrected chi connectivity index (χ3v) is 4.27. The molecule has 1 saturated carbocycles. The zero-order valence-electron chi connectivity index (χ0n) is 9.82. The summed E-state index contributed by atoms with van der Waals surface area (Å²) in [5.74, 6) is 0. The van der Waals surface area contributed by atoms with Crippen LogP contribution in [-0.4, -0.2) is 61.0 Å². The highest BCUT2D eigenvalue weighted by atomic mass is 32.2. The molecule has 1 rings (SSSR count). The van der Waals surface area contributed by atoms with Crippen molar-refractivity contribution in [1.82, 2.24) is 4.90 Å². The van der Waals surface area contributed by atoms with Crippen molar-refractivity contribution >= 4 is 11.8 Å². The number of nitrogens with zero attached hydrogens (tertiary/aromatic N) is 1. The molecule has 3 nitrogen and oxygen atoms in total. The lowest BCUT2D eigenvalue weighted by molar-refractivity contribution is 0.0714. The number of rotatable bonds is 7. The van der Waals surface area contributed by atoms with Crippen molar-refractivity contribution < 1.29 is 9.84 Å². The molecule has 0 aliphatic heterocycles. The van der Waals surface area contributed by atoms with E-state index in [0.29, 0.717) is 6.61 Å². The van der Waals surface area contributed by atoms with E-state index in [1.165, 1.54) is 19.3 Å². The number of hydrogen-bond acceptors (Lipinski definition) is 4. The number of likely N-dealkylation sites (N-methyl/N-ethyl adjacent to an activating group) is 1. The van der Waals surface area contributed by atoms with Gasteiger partial charge in [-0.3, -0.25) is 0 Å². The summed E-state index contributed by atoms with van der Waals surface area (Å²) in [5.41, 5.74) is 0. The van der Waals surface area contributed by atoms with E-state index in [9.17, 15) is 0 Å². The summed E-state index contributed by atoms with van der Waals surface area (Å²) in [5, 5.41) is 9.38. The van der Waals surface area contributed by atoms with E-state index in [0.717, 1.165) is 24.4 Å². The first kappa shape index (κ1) is 13.3. The highest BCUT2D eigenvalue weighted by Crippen LogP contribution is 2.31. The van der Waals surface area contributed by atoms with Gasteiger partial charge < -0.3 is 14.7 Å². The van der Waals surface area contributed by atoms with E-state index in [1.807, 2.05) is 11.8 Å². The molecule has 0 amide bonds. The predicted molar refractivity (Wildman–Crippen MR) is 65.5 cm³/mol. The molecule has 1 N–H and O–H groups in total. The molecular weight excluding hydrogens is 210 g/mol. The van der Waals surface area contributed by atoms with Crippen molar-refractivity contribution in [1.29, 1.82) is 0 Å². The van der Waals surface area contributed by atoms with Crippen molar-refractivity contribution in [3.05, 3.63) is 0 Å². The second-order valence-electron chi connectivity index (χ2n) is 4.09. The van der Waals surface area contributed by atoms with Crippen molar-refractivity contribution in [2.45, 2.75) is 30.6 Å². The highest BCUT2D eigenvalue weighted by Gasteiger charge is 2.29. The summed E-state index contributed by atoms with van der Waals surface area (Å²) >= 11 is 1.99. The van der Waals surface area contributed by atoms with E-state index >= 15 is 0 Å². The van der Waals surface area contributed by atoms with Gasteiger partial charge in [0.15, 0.2) is 0 Å². The van der Waals surface area contributed by atoms with Crippen LogP contribution < -0.4 is 0 Å². The van der Waals surface area contributed by atoms with Gasteiger partial charge in [-0.05, 0) is 26.1 Å². The normalized spacial score (nSPS) is 26.4. The Morgan fingerprint density at radius 1 is 1.40 bits per heavy atom. The molecule has 1 aliphatic carbocycles. The molecule has 0 saturated heterocycles. The van der Waals surface area contributed by atoms with Gasteiger partial charge in [0.05, 0.1) is 19.8 Å². The molecule has 0 aromatic heterocycles. The van der Waals surface area contributed by atoms with Crippen molar-refractivity contribution in [2.24, 2.45) is 0 Å². The fourth-order valence-electron chi connectivity index (χ4n) is 2.23. The van der Waals surface area contributed by atoms with Gasteiger partial charge in [-0.25, -0.2) is 0 Å².